The molecule has 3 aromatic rings. The third-order valence-corrected chi connectivity index (χ3v) is 3.97. The second-order valence-corrected chi connectivity index (χ2v) is 5.33. The van der Waals surface area contributed by atoms with Gasteiger partial charge in [0.05, 0.1) is 15.8 Å². The zero-order chi connectivity index (χ0) is 11.8. The molecule has 0 amide bonds. The summed E-state index contributed by atoms with van der Waals surface area (Å²) < 4.78 is 0.765. The van der Waals surface area contributed by atoms with Crippen molar-refractivity contribution >= 4 is 38.2 Å². The number of fused-ring (bicyclic) bond motifs is 1. The van der Waals surface area contributed by atoms with Crippen molar-refractivity contribution in [2.45, 2.75) is 0 Å². The van der Waals surface area contributed by atoms with Crippen LogP contribution in [0.3, 0.4) is 0 Å². The Labute approximate surface area is 109 Å². The van der Waals surface area contributed by atoms with Crippen LogP contribution in [-0.2, 0) is 0 Å². The Balaban J connectivity index is 2.36. The van der Waals surface area contributed by atoms with Gasteiger partial charge in [-0.3, -0.25) is 4.79 Å². The van der Waals surface area contributed by atoms with Gasteiger partial charge in [0, 0.05) is 4.47 Å². The van der Waals surface area contributed by atoms with Crippen LogP contribution in [-0.4, -0.2) is 9.97 Å². The van der Waals surface area contributed by atoms with E-state index in [1.807, 2.05) is 35.7 Å². The highest BCUT2D eigenvalue weighted by Gasteiger charge is 2.08. The minimum absolute atomic E-state index is 0.120. The van der Waals surface area contributed by atoms with Crippen LogP contribution in [0.4, 0.5) is 0 Å². The number of nitrogens with one attached hydrogen (secondary N) is 1. The number of nitrogens with zero attached hydrogens (tertiary/aromatic N) is 1. The van der Waals surface area contributed by atoms with E-state index in [-0.39, 0.29) is 5.56 Å². The van der Waals surface area contributed by atoms with Gasteiger partial charge < -0.3 is 4.98 Å². The first-order valence-electron chi connectivity index (χ1n) is 4.98. The fraction of sp³-hybridized carbons (Fsp3) is 0. The molecule has 2 heterocycles. The van der Waals surface area contributed by atoms with Crippen molar-refractivity contribution in [2.24, 2.45) is 0 Å². The number of halogens is 1. The van der Waals surface area contributed by atoms with Crippen molar-refractivity contribution in [3.63, 3.8) is 0 Å². The average molecular weight is 307 g/mol. The SMILES string of the molecule is O=c1[nH]c(-c2cccs2)nc2cccc(Br)c12. The first-order chi connectivity index (χ1) is 8.25. The van der Waals surface area contributed by atoms with Crippen LogP contribution < -0.4 is 5.56 Å². The monoisotopic (exact) mass is 306 g/mol. The first-order valence-corrected chi connectivity index (χ1v) is 6.65. The highest BCUT2D eigenvalue weighted by molar-refractivity contribution is 9.10. The molecule has 0 saturated heterocycles. The second-order valence-electron chi connectivity index (χ2n) is 3.53. The van der Waals surface area contributed by atoms with Crippen molar-refractivity contribution in [1.82, 2.24) is 9.97 Å². The molecular weight excluding hydrogens is 300 g/mol. The van der Waals surface area contributed by atoms with E-state index in [1.165, 1.54) is 0 Å². The topological polar surface area (TPSA) is 45.8 Å². The fourth-order valence-corrected chi connectivity index (χ4v) is 2.88. The smallest absolute Gasteiger partial charge is 0.260 e. The van der Waals surface area contributed by atoms with E-state index in [4.69, 9.17) is 0 Å². The van der Waals surface area contributed by atoms with E-state index in [0.717, 1.165) is 9.35 Å². The second kappa shape index (κ2) is 4.09. The Morgan fingerprint density at radius 3 is 2.88 bits per heavy atom. The number of rotatable bonds is 1. The normalized spacial score (nSPS) is 10.9. The minimum Gasteiger partial charge on any atom is -0.305 e. The van der Waals surface area contributed by atoms with E-state index in [9.17, 15) is 4.79 Å². The number of hydrogen-bond donors (Lipinski definition) is 1. The molecule has 0 aliphatic carbocycles. The number of hydrogen-bond acceptors (Lipinski definition) is 3. The van der Waals surface area contributed by atoms with Crippen molar-refractivity contribution < 1.29 is 0 Å². The molecule has 0 radical (unpaired) electrons. The maximum atomic E-state index is 12.0. The highest BCUT2D eigenvalue weighted by atomic mass is 79.9. The standard InChI is InChI=1S/C12H7BrN2OS/c13-7-3-1-4-8-10(7)12(16)15-11(14-8)9-5-2-6-17-9/h1-6H,(H,14,15,16). The molecule has 5 heteroatoms. The number of aromatic amines is 1. The molecule has 3 nitrogen and oxygen atoms in total. The zero-order valence-electron chi connectivity index (χ0n) is 8.61. The lowest BCUT2D eigenvalue weighted by atomic mass is 10.2. The van der Waals surface area contributed by atoms with Crippen molar-refractivity contribution in [2.75, 3.05) is 0 Å². The molecule has 1 aromatic carbocycles. The van der Waals surface area contributed by atoms with E-state index < -0.39 is 0 Å². The molecule has 0 atom stereocenters. The highest BCUT2D eigenvalue weighted by Crippen LogP contribution is 2.23. The van der Waals surface area contributed by atoms with Gasteiger partial charge in [-0.25, -0.2) is 4.98 Å². The fourth-order valence-electron chi connectivity index (χ4n) is 1.68. The van der Waals surface area contributed by atoms with Crippen molar-refractivity contribution in [1.29, 1.82) is 0 Å². The van der Waals surface area contributed by atoms with Gasteiger partial charge in [0.2, 0.25) is 0 Å². The molecule has 0 bridgehead atoms. The molecule has 0 aliphatic rings. The Bertz CT molecular complexity index is 734. The average Bonchev–Trinajstić information content (AvgIpc) is 2.81. The van der Waals surface area contributed by atoms with Gasteiger partial charge in [-0.1, -0.05) is 12.1 Å². The zero-order valence-corrected chi connectivity index (χ0v) is 11.0. The lowest BCUT2D eigenvalue weighted by Gasteiger charge is -2.01. The molecule has 84 valence electrons. The summed E-state index contributed by atoms with van der Waals surface area (Å²) in [5, 5.41) is 2.55. The molecule has 0 fully saturated rings. The molecule has 0 unspecified atom stereocenters. The van der Waals surface area contributed by atoms with E-state index in [2.05, 4.69) is 25.9 Å². The molecule has 3 rings (SSSR count). The lowest BCUT2D eigenvalue weighted by molar-refractivity contribution is 1.19. The molecular formula is C12H7BrN2OS. The van der Waals surface area contributed by atoms with Crippen LogP contribution in [0.1, 0.15) is 0 Å². The summed E-state index contributed by atoms with van der Waals surface area (Å²) in [6.07, 6.45) is 0. The molecule has 1 N–H and O–H groups in total. The summed E-state index contributed by atoms with van der Waals surface area (Å²) in [5.41, 5.74) is 0.581. The summed E-state index contributed by atoms with van der Waals surface area (Å²) >= 11 is 4.92. The van der Waals surface area contributed by atoms with Gasteiger partial charge in [0.25, 0.3) is 5.56 Å². The van der Waals surface area contributed by atoms with E-state index in [0.29, 0.717) is 16.7 Å². The summed E-state index contributed by atoms with van der Waals surface area (Å²) in [6, 6.07) is 9.42. The van der Waals surface area contributed by atoms with Gasteiger partial charge in [0.1, 0.15) is 0 Å². The maximum absolute atomic E-state index is 12.0. The predicted octanol–water partition coefficient (Wildman–Crippen LogP) is 3.41. The Morgan fingerprint density at radius 2 is 2.12 bits per heavy atom. The summed E-state index contributed by atoms with van der Waals surface area (Å²) in [7, 11) is 0. The summed E-state index contributed by atoms with van der Waals surface area (Å²) in [5.74, 6) is 0.621. The summed E-state index contributed by atoms with van der Waals surface area (Å²) in [4.78, 5) is 20.2. The van der Waals surface area contributed by atoms with Crippen LogP contribution in [0.2, 0.25) is 0 Å². The van der Waals surface area contributed by atoms with E-state index in [1.54, 1.807) is 11.3 Å². The molecule has 0 saturated carbocycles. The van der Waals surface area contributed by atoms with Crippen molar-refractivity contribution in [3.8, 4) is 10.7 Å². The largest absolute Gasteiger partial charge is 0.305 e. The number of thiophene rings is 1. The quantitative estimate of drug-likeness (QED) is 0.749. The first kappa shape index (κ1) is 10.7. The van der Waals surface area contributed by atoms with Gasteiger partial charge in [-0.05, 0) is 39.5 Å². The third kappa shape index (κ3) is 1.81. The number of benzene rings is 1. The summed E-state index contributed by atoms with van der Waals surface area (Å²) in [6.45, 7) is 0. The van der Waals surface area contributed by atoms with Gasteiger partial charge >= 0.3 is 0 Å². The lowest BCUT2D eigenvalue weighted by Crippen LogP contribution is -2.09. The maximum Gasteiger partial charge on any atom is 0.260 e. The van der Waals surface area contributed by atoms with Gasteiger partial charge in [0.15, 0.2) is 5.82 Å². The van der Waals surface area contributed by atoms with Crippen LogP contribution in [0, 0.1) is 0 Å². The van der Waals surface area contributed by atoms with Crippen LogP contribution >= 0.6 is 27.3 Å². The third-order valence-electron chi connectivity index (χ3n) is 2.44. The molecule has 17 heavy (non-hydrogen) atoms. The predicted molar refractivity (Wildman–Crippen MR) is 73.4 cm³/mol. The number of aromatic nitrogens is 2. The van der Waals surface area contributed by atoms with Crippen LogP contribution in [0.25, 0.3) is 21.6 Å². The van der Waals surface area contributed by atoms with Gasteiger partial charge in [-0.2, -0.15) is 0 Å². The Morgan fingerprint density at radius 1 is 1.24 bits per heavy atom. The van der Waals surface area contributed by atoms with Gasteiger partial charge in [-0.15, -0.1) is 11.3 Å². The minimum atomic E-state index is -0.120. The Hall–Kier alpha value is -1.46. The van der Waals surface area contributed by atoms with Crippen LogP contribution in [0.15, 0.2) is 45.0 Å². The van der Waals surface area contributed by atoms with E-state index >= 15 is 0 Å². The number of H-pyrrole nitrogens is 1. The van der Waals surface area contributed by atoms with Crippen LogP contribution in [0.5, 0.6) is 0 Å². The van der Waals surface area contributed by atoms with Crippen molar-refractivity contribution in [3.05, 3.63) is 50.5 Å². The molecule has 0 aliphatic heterocycles. The Kier molecular flexibility index (Phi) is 2.57. The molecule has 0 spiro atoms. The molecule has 2 aromatic heterocycles.